The Labute approximate surface area is 163 Å². The van der Waals surface area contributed by atoms with Gasteiger partial charge in [0.15, 0.2) is 0 Å². The van der Waals surface area contributed by atoms with Crippen LogP contribution in [0.1, 0.15) is 37.6 Å². The minimum atomic E-state index is -1.63. The highest BCUT2D eigenvalue weighted by molar-refractivity contribution is 5.93. The maximum Gasteiger partial charge on any atom is 0.342 e. The van der Waals surface area contributed by atoms with E-state index in [9.17, 15) is 30.3 Å². The first-order chi connectivity index (χ1) is 13.1. The maximum absolute atomic E-state index is 12.5. The summed E-state index contributed by atoms with van der Waals surface area (Å²) < 4.78 is 16.2. The van der Waals surface area contributed by atoms with Gasteiger partial charge in [0, 0.05) is 0 Å². The Hall–Kier alpha value is -1.91. The van der Waals surface area contributed by atoms with Crippen molar-refractivity contribution < 1.29 is 44.5 Å². The van der Waals surface area contributed by atoms with Crippen LogP contribution in [0.5, 0.6) is 11.5 Å². The van der Waals surface area contributed by atoms with Gasteiger partial charge in [0.1, 0.15) is 41.5 Å². The number of aromatic hydroxyl groups is 1. The fourth-order valence-electron chi connectivity index (χ4n) is 3.03. The Bertz CT molecular complexity index is 661. The molecule has 1 aromatic carbocycles. The molecule has 0 amide bonds. The highest BCUT2D eigenvalue weighted by Gasteiger charge is 2.45. The summed E-state index contributed by atoms with van der Waals surface area (Å²) in [5.41, 5.74) is -0.0902. The maximum atomic E-state index is 12.5. The molecule has 1 saturated heterocycles. The summed E-state index contributed by atoms with van der Waals surface area (Å²) in [5, 5.41) is 48.8. The molecule has 158 valence electrons. The molecule has 1 fully saturated rings. The largest absolute Gasteiger partial charge is 0.508 e. The van der Waals surface area contributed by atoms with E-state index in [1.807, 2.05) is 13.8 Å². The number of aliphatic hydroxyl groups is 4. The molecule has 0 aromatic heterocycles. The number of hydrogen-bond donors (Lipinski definition) is 5. The average Bonchev–Trinajstić information content (AvgIpc) is 2.62. The zero-order valence-corrected chi connectivity index (χ0v) is 16.1. The standard InChI is InChI=1S/C19H28O9/c1-9(2)6-10(3)26-18(25)12-7-11(21)4-5-13(12)27-19-17(24)16(23)15(22)14(8-20)28-19/h4-5,7,9-10,14-17,19-24H,6,8H2,1-3H3/t10?,14-,15-,16+,17-,19-/m1/s1. The first-order valence-corrected chi connectivity index (χ1v) is 9.15. The monoisotopic (exact) mass is 400 g/mol. The van der Waals surface area contributed by atoms with Crippen molar-refractivity contribution in [3.8, 4) is 11.5 Å². The molecule has 0 radical (unpaired) electrons. The van der Waals surface area contributed by atoms with Crippen LogP contribution in [0.25, 0.3) is 0 Å². The molecule has 2 rings (SSSR count). The van der Waals surface area contributed by atoms with Crippen molar-refractivity contribution in [1.82, 2.24) is 0 Å². The van der Waals surface area contributed by atoms with E-state index in [1.54, 1.807) is 6.92 Å². The highest BCUT2D eigenvalue weighted by Crippen LogP contribution is 2.29. The molecule has 1 aliphatic heterocycles. The minimum absolute atomic E-state index is 0.0520. The number of ether oxygens (including phenoxy) is 3. The number of aliphatic hydroxyl groups excluding tert-OH is 4. The van der Waals surface area contributed by atoms with Crippen molar-refractivity contribution in [2.45, 2.75) is 64.0 Å². The van der Waals surface area contributed by atoms with Crippen molar-refractivity contribution in [1.29, 1.82) is 0 Å². The van der Waals surface area contributed by atoms with Crippen LogP contribution in [0.3, 0.4) is 0 Å². The molecule has 9 heteroatoms. The predicted octanol–water partition coefficient (Wildman–Crippen LogP) is 0.162. The van der Waals surface area contributed by atoms with Gasteiger partial charge in [0.05, 0.1) is 12.7 Å². The lowest BCUT2D eigenvalue weighted by Crippen LogP contribution is -2.60. The lowest BCUT2D eigenvalue weighted by atomic mass is 9.99. The molecule has 1 aliphatic rings. The highest BCUT2D eigenvalue weighted by atomic mass is 16.7. The number of benzene rings is 1. The number of carbonyl (C=O) groups is 1. The zero-order valence-electron chi connectivity index (χ0n) is 16.1. The molecule has 28 heavy (non-hydrogen) atoms. The van der Waals surface area contributed by atoms with Crippen molar-refractivity contribution >= 4 is 5.97 Å². The number of phenols is 1. The Balaban J connectivity index is 2.20. The molecule has 9 nitrogen and oxygen atoms in total. The normalized spacial score (nSPS) is 28.8. The van der Waals surface area contributed by atoms with Gasteiger partial charge in [0.25, 0.3) is 0 Å². The summed E-state index contributed by atoms with van der Waals surface area (Å²) >= 11 is 0. The fraction of sp³-hybridized carbons (Fsp3) is 0.632. The second kappa shape index (κ2) is 9.53. The van der Waals surface area contributed by atoms with Gasteiger partial charge in [-0.3, -0.25) is 0 Å². The fourth-order valence-corrected chi connectivity index (χ4v) is 3.03. The molecule has 6 atom stereocenters. The zero-order chi connectivity index (χ0) is 21.0. The van der Waals surface area contributed by atoms with Gasteiger partial charge in [0.2, 0.25) is 6.29 Å². The van der Waals surface area contributed by atoms with E-state index in [4.69, 9.17) is 14.2 Å². The molecule has 0 aliphatic carbocycles. The summed E-state index contributed by atoms with van der Waals surface area (Å²) in [4.78, 5) is 12.5. The Kier molecular flexibility index (Phi) is 7.62. The lowest BCUT2D eigenvalue weighted by Gasteiger charge is -2.39. The van der Waals surface area contributed by atoms with Gasteiger partial charge in [-0.25, -0.2) is 4.79 Å². The van der Waals surface area contributed by atoms with Crippen molar-refractivity contribution in [2.24, 2.45) is 5.92 Å². The number of esters is 1. The number of rotatable bonds is 7. The van der Waals surface area contributed by atoms with Crippen LogP contribution < -0.4 is 4.74 Å². The molecule has 0 bridgehead atoms. The average molecular weight is 400 g/mol. The second-order valence-electron chi connectivity index (χ2n) is 7.34. The van der Waals surface area contributed by atoms with Gasteiger partial charge in [-0.05, 0) is 37.5 Å². The summed E-state index contributed by atoms with van der Waals surface area (Å²) in [6.07, 6.45) is -7.10. The van der Waals surface area contributed by atoms with E-state index >= 15 is 0 Å². The topological polar surface area (TPSA) is 146 Å². The van der Waals surface area contributed by atoms with E-state index in [-0.39, 0.29) is 23.2 Å². The van der Waals surface area contributed by atoms with Gasteiger partial charge in [-0.1, -0.05) is 13.8 Å². The van der Waals surface area contributed by atoms with E-state index in [1.165, 1.54) is 12.1 Å². The molecule has 1 aromatic rings. The number of phenolic OH excluding ortho intramolecular Hbond substituents is 1. The molecule has 0 saturated carbocycles. The number of carbonyl (C=O) groups excluding carboxylic acids is 1. The van der Waals surface area contributed by atoms with Crippen LogP contribution >= 0.6 is 0 Å². The van der Waals surface area contributed by atoms with Gasteiger partial charge in [-0.2, -0.15) is 0 Å². The smallest absolute Gasteiger partial charge is 0.342 e. The Morgan fingerprint density at radius 3 is 2.43 bits per heavy atom. The molecular formula is C19H28O9. The van der Waals surface area contributed by atoms with Crippen LogP contribution in [-0.2, 0) is 9.47 Å². The van der Waals surface area contributed by atoms with Crippen LogP contribution in [0.4, 0.5) is 0 Å². The summed E-state index contributed by atoms with van der Waals surface area (Å²) in [6, 6.07) is 3.72. The molecule has 0 spiro atoms. The van der Waals surface area contributed by atoms with Crippen molar-refractivity contribution in [3.05, 3.63) is 23.8 Å². The SMILES string of the molecule is CC(C)CC(C)OC(=O)c1cc(O)ccc1O[C@@H]1O[C@H](CO)[C@@H](O)[C@H](O)[C@H]1O. The van der Waals surface area contributed by atoms with Crippen LogP contribution in [0.2, 0.25) is 0 Å². The van der Waals surface area contributed by atoms with Gasteiger partial charge < -0.3 is 39.7 Å². The Morgan fingerprint density at radius 2 is 1.82 bits per heavy atom. The third-order valence-electron chi connectivity index (χ3n) is 4.39. The van der Waals surface area contributed by atoms with E-state index in [0.29, 0.717) is 12.3 Å². The van der Waals surface area contributed by atoms with Crippen molar-refractivity contribution in [3.63, 3.8) is 0 Å². The number of hydrogen-bond acceptors (Lipinski definition) is 9. The minimum Gasteiger partial charge on any atom is -0.508 e. The molecular weight excluding hydrogens is 372 g/mol. The van der Waals surface area contributed by atoms with E-state index < -0.39 is 43.3 Å². The van der Waals surface area contributed by atoms with Gasteiger partial charge >= 0.3 is 5.97 Å². The molecule has 1 heterocycles. The van der Waals surface area contributed by atoms with Crippen LogP contribution in [0.15, 0.2) is 18.2 Å². The van der Waals surface area contributed by atoms with E-state index in [0.717, 1.165) is 6.07 Å². The van der Waals surface area contributed by atoms with Crippen LogP contribution in [-0.4, -0.2) is 74.9 Å². The lowest BCUT2D eigenvalue weighted by molar-refractivity contribution is -0.277. The molecule has 5 N–H and O–H groups in total. The second-order valence-corrected chi connectivity index (χ2v) is 7.34. The first-order valence-electron chi connectivity index (χ1n) is 9.15. The molecule has 1 unspecified atom stereocenters. The first kappa shape index (κ1) is 22.4. The third kappa shape index (κ3) is 5.33. The summed E-state index contributed by atoms with van der Waals surface area (Å²) in [5.74, 6) is -0.658. The van der Waals surface area contributed by atoms with Gasteiger partial charge in [-0.15, -0.1) is 0 Å². The Morgan fingerprint density at radius 1 is 1.14 bits per heavy atom. The third-order valence-corrected chi connectivity index (χ3v) is 4.39. The van der Waals surface area contributed by atoms with Crippen molar-refractivity contribution in [2.75, 3.05) is 6.61 Å². The predicted molar refractivity (Wildman–Crippen MR) is 96.8 cm³/mol. The summed E-state index contributed by atoms with van der Waals surface area (Å²) in [6.45, 7) is 5.12. The summed E-state index contributed by atoms with van der Waals surface area (Å²) in [7, 11) is 0. The van der Waals surface area contributed by atoms with E-state index in [2.05, 4.69) is 0 Å². The van der Waals surface area contributed by atoms with Crippen LogP contribution in [0, 0.1) is 5.92 Å². The quantitative estimate of drug-likeness (QED) is 0.404.